The molecule has 3 amide bonds. The monoisotopic (exact) mass is 435 g/mol. The molecule has 1 aliphatic rings. The van der Waals surface area contributed by atoms with E-state index in [1.54, 1.807) is 18.2 Å². The number of amides is 3. The number of fused-ring (bicyclic) bond motifs is 1. The Balaban J connectivity index is 1.41. The molecule has 0 radical (unpaired) electrons. The molecule has 8 heteroatoms. The summed E-state index contributed by atoms with van der Waals surface area (Å²) in [7, 11) is 0. The zero-order chi connectivity index (χ0) is 21.8. The smallest absolute Gasteiger partial charge is 0.411 e. The molecule has 0 saturated carbocycles. The number of rotatable bonds is 5. The second-order valence-electron chi connectivity index (χ2n) is 6.97. The molecule has 3 N–H and O–H groups in total. The van der Waals surface area contributed by atoms with Crippen LogP contribution in [0.4, 0.5) is 21.9 Å². The first-order valence-electron chi connectivity index (χ1n) is 9.49. The van der Waals surface area contributed by atoms with Crippen LogP contribution in [0, 0.1) is 0 Å². The highest BCUT2D eigenvalue weighted by molar-refractivity contribution is 6.31. The van der Waals surface area contributed by atoms with Gasteiger partial charge in [-0.25, -0.2) is 4.79 Å². The van der Waals surface area contributed by atoms with Crippen LogP contribution in [0.25, 0.3) is 0 Å². The Kier molecular flexibility index (Phi) is 5.86. The number of benzene rings is 3. The van der Waals surface area contributed by atoms with Gasteiger partial charge in [0.25, 0.3) is 5.91 Å². The van der Waals surface area contributed by atoms with Gasteiger partial charge in [0.05, 0.1) is 6.42 Å². The Morgan fingerprint density at radius 1 is 0.968 bits per heavy atom. The lowest BCUT2D eigenvalue weighted by atomic mass is 10.1. The van der Waals surface area contributed by atoms with Gasteiger partial charge in [-0.3, -0.25) is 14.9 Å². The molecule has 0 unspecified atom stereocenters. The minimum Gasteiger partial charge on any atom is -0.444 e. The first kappa shape index (κ1) is 20.4. The van der Waals surface area contributed by atoms with Gasteiger partial charge in [0.15, 0.2) is 0 Å². The van der Waals surface area contributed by atoms with Gasteiger partial charge in [0.2, 0.25) is 5.91 Å². The summed E-state index contributed by atoms with van der Waals surface area (Å²) < 4.78 is 5.19. The third-order valence-corrected chi connectivity index (χ3v) is 4.83. The molecular weight excluding hydrogens is 418 g/mol. The average molecular weight is 436 g/mol. The maximum Gasteiger partial charge on any atom is 0.411 e. The van der Waals surface area contributed by atoms with Crippen LogP contribution in [0.2, 0.25) is 5.02 Å². The van der Waals surface area contributed by atoms with Crippen LogP contribution in [0.1, 0.15) is 21.5 Å². The topological polar surface area (TPSA) is 96.5 Å². The van der Waals surface area contributed by atoms with Gasteiger partial charge >= 0.3 is 6.09 Å². The summed E-state index contributed by atoms with van der Waals surface area (Å²) >= 11 is 6.13. The van der Waals surface area contributed by atoms with Crippen molar-refractivity contribution in [2.24, 2.45) is 0 Å². The molecule has 3 aromatic carbocycles. The highest BCUT2D eigenvalue weighted by Gasteiger charge is 2.18. The van der Waals surface area contributed by atoms with Crippen LogP contribution in [0.5, 0.6) is 0 Å². The van der Waals surface area contributed by atoms with Crippen LogP contribution in [-0.4, -0.2) is 17.9 Å². The van der Waals surface area contributed by atoms with E-state index >= 15 is 0 Å². The van der Waals surface area contributed by atoms with E-state index in [-0.39, 0.29) is 29.5 Å². The summed E-state index contributed by atoms with van der Waals surface area (Å²) in [6.45, 7) is 0.121. The highest BCUT2D eigenvalue weighted by atomic mass is 35.5. The van der Waals surface area contributed by atoms with Crippen LogP contribution in [0.15, 0.2) is 66.7 Å². The second-order valence-corrected chi connectivity index (χ2v) is 7.40. The first-order valence-corrected chi connectivity index (χ1v) is 9.86. The molecule has 7 nitrogen and oxygen atoms in total. The number of anilines is 3. The predicted octanol–water partition coefficient (Wildman–Crippen LogP) is 4.84. The second kappa shape index (κ2) is 8.89. The fourth-order valence-corrected chi connectivity index (χ4v) is 3.42. The van der Waals surface area contributed by atoms with Gasteiger partial charge in [-0.1, -0.05) is 41.9 Å². The standard InChI is InChI=1S/C23H18ClN3O4/c24-17-8-16(22(29)25-18-6-7-20-15(9-18)11-21(28)27-20)10-19(12-17)26-23(30)31-13-14-4-2-1-3-5-14/h1-10,12H,11,13H2,(H,25,29)(H,26,30)(H,27,28). The third-order valence-electron chi connectivity index (χ3n) is 4.61. The van der Waals surface area contributed by atoms with Gasteiger partial charge in [-0.05, 0) is 47.5 Å². The van der Waals surface area contributed by atoms with E-state index in [4.69, 9.17) is 16.3 Å². The molecular formula is C23H18ClN3O4. The van der Waals surface area contributed by atoms with Crippen molar-refractivity contribution in [1.82, 2.24) is 0 Å². The fraction of sp³-hybridized carbons (Fsp3) is 0.0870. The van der Waals surface area contributed by atoms with Crippen LogP contribution < -0.4 is 16.0 Å². The average Bonchev–Trinajstić information content (AvgIpc) is 3.12. The van der Waals surface area contributed by atoms with Crippen molar-refractivity contribution in [3.63, 3.8) is 0 Å². The number of nitrogens with one attached hydrogen (secondary N) is 3. The van der Waals surface area contributed by atoms with E-state index in [1.807, 2.05) is 30.3 Å². The molecule has 156 valence electrons. The zero-order valence-corrected chi connectivity index (χ0v) is 17.0. The molecule has 0 spiro atoms. The lowest BCUT2D eigenvalue weighted by molar-refractivity contribution is -0.115. The largest absolute Gasteiger partial charge is 0.444 e. The van der Waals surface area contributed by atoms with E-state index in [1.165, 1.54) is 18.2 Å². The number of carbonyl (C=O) groups is 3. The van der Waals surface area contributed by atoms with Crippen molar-refractivity contribution < 1.29 is 19.1 Å². The van der Waals surface area contributed by atoms with Crippen LogP contribution in [-0.2, 0) is 22.6 Å². The molecule has 4 rings (SSSR count). The van der Waals surface area contributed by atoms with E-state index in [2.05, 4.69) is 16.0 Å². The molecule has 0 bridgehead atoms. The van der Waals surface area contributed by atoms with Crippen molar-refractivity contribution in [2.75, 3.05) is 16.0 Å². The zero-order valence-electron chi connectivity index (χ0n) is 16.3. The maximum atomic E-state index is 12.7. The minimum absolute atomic E-state index is 0.0804. The number of carbonyl (C=O) groups excluding carboxylic acids is 3. The molecule has 0 atom stereocenters. The Morgan fingerprint density at radius 2 is 1.77 bits per heavy atom. The lowest BCUT2D eigenvalue weighted by Crippen LogP contribution is -2.15. The van der Waals surface area contributed by atoms with Gasteiger partial charge in [0, 0.05) is 27.6 Å². The maximum absolute atomic E-state index is 12.7. The Bertz CT molecular complexity index is 1160. The molecule has 0 aliphatic carbocycles. The molecule has 0 saturated heterocycles. The van der Waals surface area contributed by atoms with E-state index in [0.717, 1.165) is 16.8 Å². The van der Waals surface area contributed by atoms with E-state index in [0.29, 0.717) is 11.4 Å². The van der Waals surface area contributed by atoms with Gasteiger partial charge in [-0.15, -0.1) is 0 Å². The Labute approximate surface area is 183 Å². The summed E-state index contributed by atoms with van der Waals surface area (Å²) in [4.78, 5) is 36.3. The Morgan fingerprint density at radius 3 is 2.58 bits per heavy atom. The number of halogens is 1. The lowest BCUT2D eigenvalue weighted by Gasteiger charge is -2.11. The van der Waals surface area contributed by atoms with Gasteiger partial charge in [-0.2, -0.15) is 0 Å². The molecule has 1 aliphatic heterocycles. The highest BCUT2D eigenvalue weighted by Crippen LogP contribution is 2.27. The van der Waals surface area contributed by atoms with E-state index < -0.39 is 12.0 Å². The summed E-state index contributed by atoms with van der Waals surface area (Å²) in [6, 6.07) is 19.0. The quantitative estimate of drug-likeness (QED) is 0.534. The fourth-order valence-electron chi connectivity index (χ4n) is 3.18. The summed E-state index contributed by atoms with van der Waals surface area (Å²) in [5.74, 6) is -0.483. The minimum atomic E-state index is -0.659. The van der Waals surface area contributed by atoms with Crippen molar-refractivity contribution >= 4 is 46.6 Å². The molecule has 0 aromatic heterocycles. The molecule has 31 heavy (non-hydrogen) atoms. The molecule has 1 heterocycles. The summed E-state index contributed by atoms with van der Waals surface area (Å²) in [5.41, 5.74) is 3.57. The molecule has 3 aromatic rings. The van der Waals surface area contributed by atoms with Gasteiger partial charge in [0.1, 0.15) is 6.61 Å². The van der Waals surface area contributed by atoms with Crippen LogP contribution >= 0.6 is 11.6 Å². The normalized spacial score (nSPS) is 12.0. The van der Waals surface area contributed by atoms with Crippen molar-refractivity contribution in [1.29, 1.82) is 0 Å². The third kappa shape index (κ3) is 5.21. The molecule has 0 fully saturated rings. The number of ether oxygens (including phenoxy) is 1. The van der Waals surface area contributed by atoms with Crippen LogP contribution in [0.3, 0.4) is 0 Å². The Hall–Kier alpha value is -3.84. The van der Waals surface area contributed by atoms with E-state index in [9.17, 15) is 14.4 Å². The number of hydrogen-bond acceptors (Lipinski definition) is 4. The summed E-state index contributed by atoms with van der Waals surface area (Å²) in [6.07, 6.45) is -0.386. The van der Waals surface area contributed by atoms with Crippen molar-refractivity contribution in [3.8, 4) is 0 Å². The summed E-state index contributed by atoms with van der Waals surface area (Å²) in [5, 5.41) is 8.39. The van der Waals surface area contributed by atoms with Crippen molar-refractivity contribution in [3.05, 3.63) is 88.4 Å². The number of hydrogen-bond donors (Lipinski definition) is 3. The predicted molar refractivity (Wildman–Crippen MR) is 118 cm³/mol. The SMILES string of the molecule is O=C1Cc2cc(NC(=O)c3cc(Cl)cc(NC(=O)OCc4ccccc4)c3)ccc2N1. The van der Waals surface area contributed by atoms with Crippen molar-refractivity contribution in [2.45, 2.75) is 13.0 Å². The van der Waals surface area contributed by atoms with Gasteiger partial charge < -0.3 is 15.4 Å². The first-order chi connectivity index (χ1) is 15.0.